The maximum absolute atomic E-state index is 11.3. The van der Waals surface area contributed by atoms with E-state index >= 15 is 0 Å². The summed E-state index contributed by atoms with van der Waals surface area (Å²) in [6.07, 6.45) is 2.50. The number of urea groups is 1. The molecule has 0 aliphatic heterocycles. The highest BCUT2D eigenvalue weighted by atomic mass is 16.2. The molecule has 4 heteroatoms. The van der Waals surface area contributed by atoms with Crippen molar-refractivity contribution in [1.82, 2.24) is 10.2 Å². The number of nitrogens with one attached hydrogen (secondary N) is 1. The molecule has 0 aromatic carbocycles. The standard InChI is InChI=1S/C10H20N2O2/c1-4-5-8-12(3)10(14)11-7-6-9(2)13/h4-8H2,1-3H3,(H,11,14). The van der Waals surface area contributed by atoms with Crippen LogP contribution in [-0.2, 0) is 4.79 Å². The molecule has 4 nitrogen and oxygen atoms in total. The van der Waals surface area contributed by atoms with Crippen molar-refractivity contribution in [2.24, 2.45) is 0 Å². The molecule has 0 radical (unpaired) electrons. The van der Waals surface area contributed by atoms with Crippen LogP contribution in [0.4, 0.5) is 4.79 Å². The van der Waals surface area contributed by atoms with Crippen LogP contribution in [0, 0.1) is 0 Å². The van der Waals surface area contributed by atoms with Crippen molar-refractivity contribution in [1.29, 1.82) is 0 Å². The van der Waals surface area contributed by atoms with E-state index in [-0.39, 0.29) is 11.8 Å². The van der Waals surface area contributed by atoms with Gasteiger partial charge in [-0.05, 0) is 13.3 Å². The smallest absolute Gasteiger partial charge is 0.317 e. The molecule has 0 aromatic rings. The van der Waals surface area contributed by atoms with Crippen molar-refractivity contribution in [2.75, 3.05) is 20.1 Å². The van der Waals surface area contributed by atoms with Gasteiger partial charge < -0.3 is 10.2 Å². The first-order valence-corrected chi connectivity index (χ1v) is 5.06. The Morgan fingerprint density at radius 3 is 2.50 bits per heavy atom. The van der Waals surface area contributed by atoms with Gasteiger partial charge in [0.05, 0.1) is 0 Å². The molecule has 0 aliphatic rings. The van der Waals surface area contributed by atoms with Gasteiger partial charge in [-0.3, -0.25) is 4.79 Å². The van der Waals surface area contributed by atoms with Crippen LogP contribution in [0.25, 0.3) is 0 Å². The SMILES string of the molecule is CCCCN(C)C(=O)NCCC(C)=O. The summed E-state index contributed by atoms with van der Waals surface area (Å²) in [5.74, 6) is 0.0986. The summed E-state index contributed by atoms with van der Waals surface area (Å²) in [6.45, 7) is 4.81. The molecule has 0 aliphatic carbocycles. The van der Waals surface area contributed by atoms with Gasteiger partial charge >= 0.3 is 6.03 Å². The number of Topliss-reactive ketones (excluding diaryl/α,β-unsaturated/α-hetero) is 1. The van der Waals surface area contributed by atoms with E-state index in [1.807, 2.05) is 0 Å². The molecular weight excluding hydrogens is 180 g/mol. The Balaban J connectivity index is 3.56. The number of hydrogen-bond acceptors (Lipinski definition) is 2. The maximum Gasteiger partial charge on any atom is 0.317 e. The Morgan fingerprint density at radius 2 is 2.00 bits per heavy atom. The minimum absolute atomic E-state index is 0.0975. The molecule has 0 rings (SSSR count). The molecule has 0 bridgehead atoms. The lowest BCUT2D eigenvalue weighted by Crippen LogP contribution is -2.38. The van der Waals surface area contributed by atoms with Gasteiger partial charge in [-0.2, -0.15) is 0 Å². The predicted molar refractivity (Wildman–Crippen MR) is 56.2 cm³/mol. The number of carbonyl (C=O) groups is 2. The Labute approximate surface area is 85.7 Å². The second-order valence-corrected chi connectivity index (χ2v) is 3.46. The van der Waals surface area contributed by atoms with E-state index in [1.165, 1.54) is 6.92 Å². The molecule has 2 amide bonds. The zero-order valence-corrected chi connectivity index (χ0v) is 9.30. The maximum atomic E-state index is 11.3. The average Bonchev–Trinajstić information content (AvgIpc) is 2.13. The molecule has 0 fully saturated rings. The lowest BCUT2D eigenvalue weighted by Gasteiger charge is -2.17. The van der Waals surface area contributed by atoms with Gasteiger partial charge in [0.1, 0.15) is 5.78 Å². The fourth-order valence-electron chi connectivity index (χ4n) is 0.977. The number of amides is 2. The van der Waals surface area contributed by atoms with Gasteiger partial charge in [0.2, 0.25) is 0 Å². The molecule has 0 atom stereocenters. The molecule has 82 valence electrons. The van der Waals surface area contributed by atoms with Crippen LogP contribution in [0.5, 0.6) is 0 Å². The van der Waals surface area contributed by atoms with E-state index in [9.17, 15) is 9.59 Å². The molecule has 0 saturated carbocycles. The summed E-state index contributed by atoms with van der Waals surface area (Å²) in [5.41, 5.74) is 0. The average molecular weight is 200 g/mol. The zero-order valence-electron chi connectivity index (χ0n) is 9.30. The second-order valence-electron chi connectivity index (χ2n) is 3.46. The van der Waals surface area contributed by atoms with Crippen molar-refractivity contribution < 1.29 is 9.59 Å². The van der Waals surface area contributed by atoms with Gasteiger partial charge in [0.15, 0.2) is 0 Å². The number of rotatable bonds is 6. The van der Waals surface area contributed by atoms with E-state index < -0.39 is 0 Å². The van der Waals surface area contributed by atoms with Crippen molar-refractivity contribution in [3.8, 4) is 0 Å². The Hall–Kier alpha value is -1.06. The molecule has 0 unspecified atom stereocenters. The van der Waals surface area contributed by atoms with Gasteiger partial charge in [-0.15, -0.1) is 0 Å². The topological polar surface area (TPSA) is 49.4 Å². The Kier molecular flexibility index (Phi) is 6.80. The molecule has 1 N–H and O–H groups in total. The molecule has 0 saturated heterocycles. The Bertz CT molecular complexity index is 193. The summed E-state index contributed by atoms with van der Waals surface area (Å²) in [5, 5.41) is 2.69. The normalized spacial score (nSPS) is 9.64. The zero-order chi connectivity index (χ0) is 11.0. The Morgan fingerprint density at radius 1 is 1.36 bits per heavy atom. The molecular formula is C10H20N2O2. The number of hydrogen-bond donors (Lipinski definition) is 1. The van der Waals surface area contributed by atoms with Crippen molar-refractivity contribution in [2.45, 2.75) is 33.1 Å². The van der Waals surface area contributed by atoms with Crippen molar-refractivity contribution >= 4 is 11.8 Å². The number of ketones is 1. The summed E-state index contributed by atoms with van der Waals surface area (Å²) in [6, 6.07) is -0.0975. The first kappa shape index (κ1) is 12.9. The largest absolute Gasteiger partial charge is 0.338 e. The molecule has 14 heavy (non-hydrogen) atoms. The van der Waals surface area contributed by atoms with Crippen LogP contribution in [-0.4, -0.2) is 36.9 Å². The summed E-state index contributed by atoms with van der Waals surface area (Å²) in [4.78, 5) is 23.6. The van der Waals surface area contributed by atoms with Crippen LogP contribution in [0.1, 0.15) is 33.1 Å². The van der Waals surface area contributed by atoms with E-state index in [2.05, 4.69) is 12.2 Å². The van der Waals surface area contributed by atoms with E-state index in [0.29, 0.717) is 13.0 Å². The van der Waals surface area contributed by atoms with Crippen LogP contribution in [0.2, 0.25) is 0 Å². The number of unbranched alkanes of at least 4 members (excludes halogenated alkanes) is 1. The fraction of sp³-hybridized carbons (Fsp3) is 0.800. The third kappa shape index (κ3) is 6.46. The minimum Gasteiger partial charge on any atom is -0.338 e. The first-order valence-electron chi connectivity index (χ1n) is 5.06. The van der Waals surface area contributed by atoms with Gasteiger partial charge in [0.25, 0.3) is 0 Å². The van der Waals surface area contributed by atoms with Crippen molar-refractivity contribution in [3.63, 3.8) is 0 Å². The minimum atomic E-state index is -0.0975. The van der Waals surface area contributed by atoms with E-state index in [1.54, 1.807) is 11.9 Å². The first-order chi connectivity index (χ1) is 6.57. The predicted octanol–water partition coefficient (Wildman–Crippen LogP) is 1.41. The lowest BCUT2D eigenvalue weighted by molar-refractivity contribution is -0.116. The second kappa shape index (κ2) is 7.35. The summed E-state index contributed by atoms with van der Waals surface area (Å²) < 4.78 is 0. The molecule has 0 heterocycles. The lowest BCUT2D eigenvalue weighted by atomic mass is 10.3. The number of carbonyl (C=O) groups excluding carboxylic acids is 2. The third-order valence-electron chi connectivity index (χ3n) is 1.95. The summed E-state index contributed by atoms with van der Waals surface area (Å²) >= 11 is 0. The number of nitrogens with zero attached hydrogens (tertiary/aromatic N) is 1. The van der Waals surface area contributed by atoms with Gasteiger partial charge in [0, 0.05) is 26.6 Å². The van der Waals surface area contributed by atoms with Crippen molar-refractivity contribution in [3.05, 3.63) is 0 Å². The van der Waals surface area contributed by atoms with Gasteiger partial charge in [-0.1, -0.05) is 13.3 Å². The highest BCUT2D eigenvalue weighted by Gasteiger charge is 2.06. The third-order valence-corrected chi connectivity index (χ3v) is 1.95. The van der Waals surface area contributed by atoms with Gasteiger partial charge in [-0.25, -0.2) is 4.79 Å². The quantitative estimate of drug-likeness (QED) is 0.704. The summed E-state index contributed by atoms with van der Waals surface area (Å²) in [7, 11) is 1.76. The molecule has 0 aromatic heterocycles. The monoisotopic (exact) mass is 200 g/mol. The van der Waals surface area contributed by atoms with Crippen LogP contribution < -0.4 is 5.32 Å². The highest BCUT2D eigenvalue weighted by Crippen LogP contribution is 1.92. The van der Waals surface area contributed by atoms with Crippen LogP contribution >= 0.6 is 0 Å². The highest BCUT2D eigenvalue weighted by molar-refractivity contribution is 5.77. The molecule has 0 spiro atoms. The van der Waals surface area contributed by atoms with E-state index in [0.717, 1.165) is 19.4 Å². The fourth-order valence-corrected chi connectivity index (χ4v) is 0.977. The van der Waals surface area contributed by atoms with E-state index in [4.69, 9.17) is 0 Å². The van der Waals surface area contributed by atoms with Crippen LogP contribution in [0.3, 0.4) is 0 Å². The van der Waals surface area contributed by atoms with Crippen LogP contribution in [0.15, 0.2) is 0 Å².